The van der Waals surface area contributed by atoms with Gasteiger partial charge in [-0.05, 0) is 127 Å². The molecule has 1 aliphatic rings. The van der Waals surface area contributed by atoms with E-state index < -0.39 is 0 Å². The van der Waals surface area contributed by atoms with Gasteiger partial charge in [0.2, 0.25) is 0 Å². The minimum absolute atomic E-state index is 0.657. The van der Waals surface area contributed by atoms with Crippen LogP contribution in [-0.4, -0.2) is 21.1 Å². The summed E-state index contributed by atoms with van der Waals surface area (Å²) in [7, 11) is 0. The number of fused-ring (bicyclic) bond motifs is 2. The Morgan fingerprint density at radius 2 is 1.46 bits per heavy atom. The second-order valence-corrected chi connectivity index (χ2v) is 13.7. The Hall–Kier alpha value is -7.38. The normalized spacial score (nSPS) is 13.9. The molecule has 7 aromatic rings. The van der Waals surface area contributed by atoms with Gasteiger partial charge in [-0.15, -0.1) is 0 Å². The Bertz CT molecular complexity index is 2620. The lowest BCUT2D eigenvalue weighted by atomic mass is 10.0. The van der Waals surface area contributed by atoms with E-state index in [4.69, 9.17) is 17.2 Å². The highest BCUT2D eigenvalue weighted by Gasteiger charge is 2.27. The zero-order valence-electron chi connectivity index (χ0n) is 31.3. The van der Waals surface area contributed by atoms with Gasteiger partial charge in [0.15, 0.2) is 0 Å². The largest absolute Gasteiger partial charge is 0.405 e. The molecule has 4 heterocycles. The SMILES string of the molecule is C/C=C\C=C(/N)c1cc(C/C=C\C=C/N)cc(N2C/C(=C\c3c(N)n(-c4cc(-c5ccccn5)cc(-c5ccccn5)c4)c4ccccc34)c3ccccc32)c1. The van der Waals surface area contributed by atoms with Crippen molar-refractivity contribution in [2.45, 2.75) is 13.3 Å². The number of rotatable bonds is 10. The molecule has 6 N–H and O–H groups in total. The van der Waals surface area contributed by atoms with Crippen LogP contribution < -0.4 is 22.1 Å². The van der Waals surface area contributed by atoms with Crippen LogP contribution in [-0.2, 0) is 6.42 Å². The quantitative estimate of drug-likeness (QED) is 0.121. The molecule has 0 radical (unpaired) electrons. The minimum Gasteiger partial charge on any atom is -0.405 e. The Balaban J connectivity index is 1.26. The molecule has 3 aromatic heterocycles. The molecule has 274 valence electrons. The number of para-hydroxylation sites is 2. The van der Waals surface area contributed by atoms with Crippen LogP contribution in [0.5, 0.6) is 0 Å². The molecule has 0 spiro atoms. The van der Waals surface area contributed by atoms with E-state index in [2.05, 4.69) is 117 Å². The van der Waals surface area contributed by atoms with Gasteiger partial charge in [0.1, 0.15) is 5.82 Å². The molecular weight excluding hydrogens is 687 g/mol. The zero-order chi connectivity index (χ0) is 38.4. The maximum atomic E-state index is 7.28. The fraction of sp³-hybridized carbons (Fsp3) is 0.0612. The third-order valence-corrected chi connectivity index (χ3v) is 10.0. The fourth-order valence-corrected chi connectivity index (χ4v) is 7.42. The van der Waals surface area contributed by atoms with Crippen LogP contribution in [0.15, 0.2) is 176 Å². The number of nitrogens with two attached hydrogens (primary N) is 3. The van der Waals surface area contributed by atoms with Crippen molar-refractivity contribution in [2.75, 3.05) is 17.2 Å². The number of aromatic nitrogens is 3. The first-order valence-corrected chi connectivity index (χ1v) is 18.7. The number of allylic oxidation sites excluding steroid dienone is 6. The Labute approximate surface area is 327 Å². The van der Waals surface area contributed by atoms with Crippen molar-refractivity contribution >= 4 is 45.4 Å². The summed E-state index contributed by atoms with van der Waals surface area (Å²) in [5.74, 6) is 0.657. The van der Waals surface area contributed by atoms with Crippen LogP contribution in [0.1, 0.15) is 29.2 Å². The number of pyridine rings is 2. The standard InChI is InChI=1S/C49H43N7/c1-2-3-18-44(51)35-26-34(15-5-4-12-23-50)27-39(29-35)55-33-38(41-16-6-8-21-47(41)55)32-43-42-17-7-9-22-48(42)56(49(43)52)40-30-36(45-19-10-13-24-53-45)28-37(31-40)46-20-11-14-25-54-46/h2-14,16-32H,15,33,50-52H2,1H3/b3-2-,5-4-,23-12-,38-32+,44-18-. The van der Waals surface area contributed by atoms with E-state index >= 15 is 0 Å². The predicted molar refractivity (Wildman–Crippen MR) is 235 cm³/mol. The molecule has 0 unspecified atom stereocenters. The highest BCUT2D eigenvalue weighted by atomic mass is 15.2. The highest BCUT2D eigenvalue weighted by Crippen LogP contribution is 2.44. The number of hydrogen-bond donors (Lipinski definition) is 3. The maximum absolute atomic E-state index is 7.28. The first-order chi connectivity index (χ1) is 27.5. The number of anilines is 3. The summed E-state index contributed by atoms with van der Waals surface area (Å²) in [5, 5.41) is 1.07. The van der Waals surface area contributed by atoms with E-state index in [9.17, 15) is 0 Å². The van der Waals surface area contributed by atoms with Gasteiger partial charge in [0.05, 0.1) is 16.9 Å². The second kappa shape index (κ2) is 15.9. The Morgan fingerprint density at radius 1 is 0.750 bits per heavy atom. The third kappa shape index (κ3) is 7.13. The van der Waals surface area contributed by atoms with Gasteiger partial charge in [0.25, 0.3) is 0 Å². The van der Waals surface area contributed by atoms with Crippen molar-refractivity contribution in [1.29, 1.82) is 0 Å². The van der Waals surface area contributed by atoms with Gasteiger partial charge < -0.3 is 22.1 Å². The molecule has 8 rings (SSSR count). The van der Waals surface area contributed by atoms with Gasteiger partial charge in [-0.3, -0.25) is 14.5 Å². The summed E-state index contributed by atoms with van der Waals surface area (Å²) in [6.07, 6.45) is 20.0. The van der Waals surface area contributed by atoms with E-state index in [-0.39, 0.29) is 0 Å². The van der Waals surface area contributed by atoms with Crippen LogP contribution in [0.4, 0.5) is 17.2 Å². The van der Waals surface area contributed by atoms with Crippen molar-refractivity contribution in [3.63, 3.8) is 0 Å². The van der Waals surface area contributed by atoms with Crippen molar-refractivity contribution < 1.29 is 0 Å². The monoisotopic (exact) mass is 729 g/mol. The number of nitrogen functional groups attached to an aromatic ring is 1. The maximum Gasteiger partial charge on any atom is 0.116 e. The van der Waals surface area contributed by atoms with Crippen molar-refractivity contribution in [3.05, 3.63) is 199 Å². The molecular formula is C49H43N7. The smallest absolute Gasteiger partial charge is 0.116 e. The van der Waals surface area contributed by atoms with Gasteiger partial charge >= 0.3 is 0 Å². The lowest BCUT2D eigenvalue weighted by Crippen LogP contribution is -2.14. The van der Waals surface area contributed by atoms with Gasteiger partial charge in [-0.1, -0.05) is 72.8 Å². The number of hydrogen-bond acceptors (Lipinski definition) is 6. The van der Waals surface area contributed by atoms with Crippen LogP contribution in [0, 0.1) is 0 Å². The molecule has 0 aliphatic carbocycles. The Morgan fingerprint density at radius 3 is 2.18 bits per heavy atom. The molecule has 1 aliphatic heterocycles. The molecule has 0 fully saturated rings. The topological polar surface area (TPSA) is 112 Å². The van der Waals surface area contributed by atoms with Crippen LogP contribution in [0.2, 0.25) is 0 Å². The van der Waals surface area contributed by atoms with E-state index in [1.165, 1.54) is 11.8 Å². The first-order valence-electron chi connectivity index (χ1n) is 18.7. The third-order valence-electron chi connectivity index (χ3n) is 10.0. The summed E-state index contributed by atoms with van der Waals surface area (Å²) in [6, 6.07) is 41.9. The zero-order valence-corrected chi connectivity index (χ0v) is 31.3. The van der Waals surface area contributed by atoms with Crippen LogP contribution in [0.3, 0.4) is 0 Å². The minimum atomic E-state index is 0.657. The van der Waals surface area contributed by atoms with Gasteiger partial charge in [-0.2, -0.15) is 0 Å². The Kier molecular flexibility index (Phi) is 10.1. The number of benzene rings is 4. The summed E-state index contributed by atoms with van der Waals surface area (Å²) in [6.45, 7) is 2.64. The van der Waals surface area contributed by atoms with E-state index in [0.717, 1.165) is 79.2 Å². The lowest BCUT2D eigenvalue weighted by Gasteiger charge is -2.21. The second-order valence-electron chi connectivity index (χ2n) is 13.7. The lowest BCUT2D eigenvalue weighted by molar-refractivity contribution is 1.13. The summed E-state index contributed by atoms with van der Waals surface area (Å²) in [4.78, 5) is 11.7. The van der Waals surface area contributed by atoms with Crippen molar-refractivity contribution in [1.82, 2.24) is 14.5 Å². The van der Waals surface area contributed by atoms with E-state index in [1.54, 1.807) is 0 Å². The van der Waals surface area contributed by atoms with Crippen molar-refractivity contribution in [2.24, 2.45) is 11.5 Å². The average molecular weight is 730 g/mol. The average Bonchev–Trinajstić information content (AvgIpc) is 3.76. The van der Waals surface area contributed by atoms with Gasteiger partial charge in [-0.25, -0.2) is 0 Å². The highest BCUT2D eigenvalue weighted by molar-refractivity contribution is 6.05. The molecule has 0 atom stereocenters. The molecule has 7 nitrogen and oxygen atoms in total. The molecule has 0 saturated heterocycles. The molecule has 0 bridgehead atoms. The molecule has 56 heavy (non-hydrogen) atoms. The summed E-state index contributed by atoms with van der Waals surface area (Å²) < 4.78 is 2.15. The van der Waals surface area contributed by atoms with E-state index in [0.29, 0.717) is 18.1 Å². The van der Waals surface area contributed by atoms with Crippen LogP contribution >= 0.6 is 0 Å². The molecule has 7 heteroatoms. The summed E-state index contributed by atoms with van der Waals surface area (Å²) in [5.41, 5.74) is 33.5. The van der Waals surface area contributed by atoms with E-state index in [1.807, 2.05) is 86.1 Å². The summed E-state index contributed by atoms with van der Waals surface area (Å²) >= 11 is 0. The molecule has 0 saturated carbocycles. The molecule has 4 aromatic carbocycles. The van der Waals surface area contributed by atoms with Crippen LogP contribution in [0.25, 0.3) is 56.5 Å². The predicted octanol–water partition coefficient (Wildman–Crippen LogP) is 10.5. The first kappa shape index (κ1) is 35.6. The fourth-order valence-electron chi connectivity index (χ4n) is 7.42. The van der Waals surface area contributed by atoms with Crippen molar-refractivity contribution in [3.8, 4) is 28.2 Å². The van der Waals surface area contributed by atoms with Gasteiger partial charge in [0, 0.05) is 69.3 Å². The number of nitrogens with zero attached hydrogens (tertiary/aromatic N) is 4. The molecule has 0 amide bonds.